The smallest absolute Gasteiger partial charge is 0.453 e. The average molecular weight is 857 g/mol. The molecule has 4 N–H and O–H groups in total. The number of hydrogen-bond donors (Lipinski definition) is 4. The molecule has 6 amide bonds. The zero-order valence-corrected chi connectivity index (χ0v) is 34.0. The van der Waals surface area contributed by atoms with Crippen LogP contribution in [0.3, 0.4) is 0 Å². The molecule has 4 atom stereocenters. The normalized spacial score (nSPS) is 17.0. The molecule has 2 saturated heterocycles. The SMILES string of the molecule is COC(=O)N[C@@H](C(=O)N1CCC[C@H]1C(=O)Nc1ccc(OS(=O)(=O)Oc2ccc(NC(=O)[C@@H]3CCCN3C(=O)[C@H](NC(=O)OC)c3ccccc3)cc2)cc1)c1ccccc1. The molecule has 2 aliphatic rings. The molecular weight excluding hydrogens is 813 g/mol. The van der Waals surface area contributed by atoms with Crippen molar-refractivity contribution < 1.29 is 55.0 Å². The van der Waals surface area contributed by atoms with Crippen molar-refractivity contribution >= 4 is 57.6 Å². The first kappa shape index (κ1) is 43.4. The van der Waals surface area contributed by atoms with Gasteiger partial charge in [-0.05, 0) is 85.3 Å². The van der Waals surface area contributed by atoms with E-state index in [4.69, 9.17) is 17.8 Å². The van der Waals surface area contributed by atoms with E-state index in [0.717, 1.165) is 0 Å². The van der Waals surface area contributed by atoms with Gasteiger partial charge in [0, 0.05) is 24.5 Å². The molecule has 0 aromatic heterocycles. The van der Waals surface area contributed by atoms with Crippen molar-refractivity contribution in [3.05, 3.63) is 120 Å². The summed E-state index contributed by atoms with van der Waals surface area (Å²) in [4.78, 5) is 81.0. The molecule has 2 fully saturated rings. The number of carbonyl (C=O) groups is 6. The maximum atomic E-state index is 13.7. The number of methoxy groups -OCH3 is 2. The summed E-state index contributed by atoms with van der Waals surface area (Å²) in [6.45, 7) is 0.586. The second-order valence-electron chi connectivity index (χ2n) is 13.9. The van der Waals surface area contributed by atoms with Gasteiger partial charge in [-0.15, -0.1) is 8.42 Å². The van der Waals surface area contributed by atoms with Crippen LogP contribution in [0.2, 0.25) is 0 Å². The summed E-state index contributed by atoms with van der Waals surface area (Å²) in [5, 5.41) is 10.6. The minimum atomic E-state index is -4.64. The molecule has 0 aliphatic carbocycles. The van der Waals surface area contributed by atoms with Gasteiger partial charge in [-0.2, -0.15) is 0 Å². The lowest BCUT2D eigenvalue weighted by Crippen LogP contribution is -2.48. The van der Waals surface area contributed by atoms with E-state index >= 15 is 0 Å². The molecule has 2 aliphatic heterocycles. The highest BCUT2D eigenvalue weighted by Crippen LogP contribution is 2.28. The molecule has 18 nitrogen and oxygen atoms in total. The van der Waals surface area contributed by atoms with Gasteiger partial charge < -0.3 is 48.9 Å². The van der Waals surface area contributed by atoms with Gasteiger partial charge in [0.1, 0.15) is 35.7 Å². The monoisotopic (exact) mass is 856 g/mol. The van der Waals surface area contributed by atoms with Crippen molar-refractivity contribution in [2.24, 2.45) is 0 Å². The Bertz CT molecular complexity index is 2160. The summed E-state index contributed by atoms with van der Waals surface area (Å²) in [5.74, 6) is -2.14. The number of nitrogens with zero attached hydrogens (tertiary/aromatic N) is 2. The van der Waals surface area contributed by atoms with Gasteiger partial charge in [0.25, 0.3) is 11.8 Å². The molecule has 0 spiro atoms. The van der Waals surface area contributed by atoms with E-state index < -0.39 is 70.4 Å². The van der Waals surface area contributed by atoms with E-state index in [1.54, 1.807) is 60.7 Å². The third kappa shape index (κ3) is 11.1. The number of nitrogens with one attached hydrogen (secondary N) is 4. The first-order chi connectivity index (χ1) is 29.3. The largest absolute Gasteiger partial charge is 0.500 e. The van der Waals surface area contributed by atoms with E-state index in [2.05, 4.69) is 21.3 Å². The predicted octanol–water partition coefficient (Wildman–Crippen LogP) is 4.44. The van der Waals surface area contributed by atoms with Crippen LogP contribution in [0.25, 0.3) is 0 Å². The number of anilines is 2. The van der Waals surface area contributed by atoms with E-state index in [0.29, 0.717) is 61.3 Å². The van der Waals surface area contributed by atoms with Crippen LogP contribution in [0.1, 0.15) is 48.9 Å². The predicted molar refractivity (Wildman–Crippen MR) is 219 cm³/mol. The lowest BCUT2D eigenvalue weighted by atomic mass is 10.0. The van der Waals surface area contributed by atoms with Gasteiger partial charge in [-0.3, -0.25) is 19.2 Å². The molecule has 4 aromatic carbocycles. The fourth-order valence-corrected chi connectivity index (χ4v) is 7.78. The van der Waals surface area contributed by atoms with Crippen LogP contribution in [-0.4, -0.2) is 93.4 Å². The summed E-state index contributed by atoms with van der Waals surface area (Å²) in [5.41, 5.74) is 1.65. The van der Waals surface area contributed by atoms with Crippen LogP contribution in [0.15, 0.2) is 109 Å². The minimum absolute atomic E-state index is 0.119. The van der Waals surface area contributed by atoms with Gasteiger partial charge in [0.15, 0.2) is 0 Å². The summed E-state index contributed by atoms with van der Waals surface area (Å²) in [6.07, 6.45) is 0.282. The highest BCUT2D eigenvalue weighted by atomic mass is 32.3. The highest BCUT2D eigenvalue weighted by Gasteiger charge is 2.40. The van der Waals surface area contributed by atoms with Crippen molar-refractivity contribution in [1.82, 2.24) is 20.4 Å². The Morgan fingerprint density at radius 2 is 0.918 bits per heavy atom. The summed E-state index contributed by atoms with van der Waals surface area (Å²) < 4.78 is 45.2. The van der Waals surface area contributed by atoms with Crippen molar-refractivity contribution in [1.29, 1.82) is 0 Å². The number of amides is 6. The fourth-order valence-electron chi connectivity index (χ4n) is 7.05. The minimum Gasteiger partial charge on any atom is -0.453 e. The molecular formula is C42H44N6O12S. The second-order valence-corrected chi connectivity index (χ2v) is 15.1. The first-order valence-corrected chi connectivity index (χ1v) is 20.5. The number of benzene rings is 4. The Labute approximate surface area is 351 Å². The van der Waals surface area contributed by atoms with Crippen LogP contribution >= 0.6 is 0 Å². The molecule has 0 radical (unpaired) electrons. The molecule has 0 bridgehead atoms. The van der Waals surface area contributed by atoms with E-state index in [-0.39, 0.29) is 11.5 Å². The van der Waals surface area contributed by atoms with Crippen LogP contribution in [0, 0.1) is 0 Å². The summed E-state index contributed by atoms with van der Waals surface area (Å²) in [7, 11) is -2.27. The van der Waals surface area contributed by atoms with Gasteiger partial charge in [0.05, 0.1) is 14.2 Å². The van der Waals surface area contributed by atoms with E-state index in [1.807, 2.05) is 0 Å². The third-order valence-electron chi connectivity index (χ3n) is 9.97. The molecule has 6 rings (SSSR count). The van der Waals surface area contributed by atoms with Gasteiger partial charge in [0.2, 0.25) is 11.8 Å². The Hall–Kier alpha value is -7.15. The van der Waals surface area contributed by atoms with Crippen LogP contribution in [0.4, 0.5) is 21.0 Å². The van der Waals surface area contributed by atoms with Gasteiger partial charge >= 0.3 is 22.6 Å². The van der Waals surface area contributed by atoms with E-state index in [9.17, 15) is 37.2 Å². The van der Waals surface area contributed by atoms with Crippen molar-refractivity contribution in [3.63, 3.8) is 0 Å². The Balaban J connectivity index is 1.02. The zero-order chi connectivity index (χ0) is 43.5. The van der Waals surface area contributed by atoms with Crippen molar-refractivity contribution in [3.8, 4) is 11.5 Å². The molecule has 2 heterocycles. The molecule has 320 valence electrons. The fraction of sp³-hybridized carbons (Fsp3) is 0.286. The molecule has 4 aromatic rings. The van der Waals surface area contributed by atoms with Crippen LogP contribution in [0.5, 0.6) is 11.5 Å². The Morgan fingerprint density at radius 3 is 1.26 bits per heavy atom. The number of carbonyl (C=O) groups excluding carboxylic acids is 6. The van der Waals surface area contributed by atoms with Crippen molar-refractivity contribution in [2.45, 2.75) is 49.9 Å². The Kier molecular flexibility index (Phi) is 14.1. The first-order valence-electron chi connectivity index (χ1n) is 19.2. The Morgan fingerprint density at radius 1 is 0.557 bits per heavy atom. The standard InChI is InChI=1S/C42H44N6O12S/c1-57-41(53)45-35(27-11-5-3-6-12-27)39(51)47-25-9-15-33(47)37(49)43-29-17-21-31(22-18-29)59-61(55,56)60-32-23-19-30(20-24-32)44-38(50)34-16-10-26-48(34)40(52)36(46-42(54)58-2)28-13-7-4-8-14-28/h3-8,11-14,17-24,33-36H,9-10,15-16,25-26H2,1-2H3,(H,43,49)(H,44,50)(H,45,53)(H,46,54)/t33-,34-,35+,36+/m0/s1. The summed E-state index contributed by atoms with van der Waals surface area (Å²) >= 11 is 0. The number of likely N-dealkylation sites (tertiary alicyclic amines) is 2. The third-order valence-corrected chi connectivity index (χ3v) is 10.8. The molecule has 0 unspecified atom stereocenters. The van der Waals surface area contributed by atoms with Gasteiger partial charge in [-0.25, -0.2) is 9.59 Å². The van der Waals surface area contributed by atoms with Crippen LogP contribution < -0.4 is 29.6 Å². The van der Waals surface area contributed by atoms with Gasteiger partial charge in [-0.1, -0.05) is 60.7 Å². The average Bonchev–Trinajstić information content (AvgIpc) is 3.97. The molecule has 0 saturated carbocycles. The summed E-state index contributed by atoms with van der Waals surface area (Å²) in [6, 6.07) is 24.3. The molecule has 19 heteroatoms. The number of rotatable bonds is 14. The zero-order valence-electron chi connectivity index (χ0n) is 33.1. The highest BCUT2D eigenvalue weighted by molar-refractivity contribution is 7.82. The lowest BCUT2D eigenvalue weighted by Gasteiger charge is -2.28. The maximum Gasteiger partial charge on any atom is 0.500 e. The number of hydrogen-bond acceptors (Lipinski definition) is 12. The lowest BCUT2D eigenvalue weighted by molar-refractivity contribution is -0.138. The van der Waals surface area contributed by atoms with Crippen LogP contribution in [-0.2, 0) is 39.1 Å². The number of ether oxygens (including phenoxy) is 2. The number of alkyl carbamates (subject to hydrolysis) is 2. The maximum absolute atomic E-state index is 13.7. The topological polar surface area (TPSA) is 228 Å². The molecule has 61 heavy (non-hydrogen) atoms. The van der Waals surface area contributed by atoms with Crippen molar-refractivity contribution in [2.75, 3.05) is 37.9 Å². The quantitative estimate of drug-likeness (QED) is 0.138. The second kappa shape index (κ2) is 19.7. The van der Waals surface area contributed by atoms with E-state index in [1.165, 1.54) is 72.6 Å².